The Balaban J connectivity index is 1.46. The van der Waals surface area contributed by atoms with E-state index >= 15 is 0 Å². The van der Waals surface area contributed by atoms with Crippen LogP contribution in [0.2, 0.25) is 0 Å². The van der Waals surface area contributed by atoms with Crippen LogP contribution in [-0.4, -0.2) is 78.2 Å². The number of hydrogen-bond donors (Lipinski definition) is 2. The van der Waals surface area contributed by atoms with E-state index in [0.717, 1.165) is 25.2 Å². The molecule has 42 heavy (non-hydrogen) atoms. The number of amides is 1. The molecule has 220 valence electrons. The topological polar surface area (TPSA) is 109 Å². The van der Waals surface area contributed by atoms with E-state index in [1.54, 1.807) is 30.3 Å². The van der Waals surface area contributed by atoms with Crippen molar-refractivity contribution in [1.82, 2.24) is 9.80 Å². The molecule has 2 saturated heterocycles. The molecule has 0 aliphatic carbocycles. The number of likely N-dealkylation sites (tertiary alicyclic amines) is 1. The number of rotatable bonds is 10. The molecular weight excluding hydrogens is 536 g/mol. The number of aliphatic hydroxyl groups excluding tert-OH is 1. The Morgan fingerprint density at radius 1 is 1.00 bits per heavy atom. The predicted molar refractivity (Wildman–Crippen MR) is 157 cm³/mol. The quantitative estimate of drug-likeness (QED) is 0.209. The molecule has 0 radical (unpaired) electrons. The molecular formula is C33H36N2O7. The Morgan fingerprint density at radius 2 is 1.76 bits per heavy atom. The second-order valence-electron chi connectivity index (χ2n) is 10.5. The first-order valence-corrected chi connectivity index (χ1v) is 14.1. The predicted octanol–water partition coefficient (Wildman–Crippen LogP) is 4.43. The number of aliphatic hydroxyl groups is 1. The third kappa shape index (κ3) is 6.27. The fourth-order valence-electron chi connectivity index (χ4n) is 5.49. The average Bonchev–Trinajstić information content (AvgIpc) is 3.26. The molecule has 1 amide bonds. The highest BCUT2D eigenvalue weighted by atomic mass is 16.5. The molecule has 3 aromatic carbocycles. The largest absolute Gasteiger partial charge is 0.507 e. The van der Waals surface area contributed by atoms with Gasteiger partial charge in [0.1, 0.15) is 18.1 Å². The second-order valence-corrected chi connectivity index (χ2v) is 10.5. The van der Waals surface area contributed by atoms with E-state index in [1.807, 2.05) is 37.3 Å². The summed E-state index contributed by atoms with van der Waals surface area (Å²) in [5.41, 5.74) is 2.71. The fourth-order valence-corrected chi connectivity index (χ4v) is 5.49. The minimum Gasteiger partial charge on any atom is -0.507 e. The smallest absolute Gasteiger partial charge is 0.295 e. The first kappa shape index (κ1) is 29.2. The number of benzene rings is 3. The Labute approximate surface area is 245 Å². The summed E-state index contributed by atoms with van der Waals surface area (Å²) in [7, 11) is 1.43. The summed E-state index contributed by atoms with van der Waals surface area (Å²) in [5.74, 6) is -0.907. The van der Waals surface area contributed by atoms with Gasteiger partial charge in [-0.2, -0.15) is 0 Å². The summed E-state index contributed by atoms with van der Waals surface area (Å²) >= 11 is 0. The molecule has 0 saturated carbocycles. The molecule has 0 bridgehead atoms. The van der Waals surface area contributed by atoms with Gasteiger partial charge in [-0.25, -0.2) is 0 Å². The molecule has 2 fully saturated rings. The van der Waals surface area contributed by atoms with Gasteiger partial charge < -0.3 is 29.3 Å². The molecule has 0 unspecified atom stereocenters. The van der Waals surface area contributed by atoms with Crippen molar-refractivity contribution in [2.75, 3.05) is 46.5 Å². The number of Topliss-reactive ketones (excluding diaryl/α,β-unsaturated/α-hetero) is 1. The van der Waals surface area contributed by atoms with Crippen LogP contribution in [0.15, 0.2) is 72.3 Å². The van der Waals surface area contributed by atoms with Crippen LogP contribution >= 0.6 is 0 Å². The third-order valence-electron chi connectivity index (χ3n) is 7.74. The number of ketones is 1. The lowest BCUT2D eigenvalue weighted by Crippen LogP contribution is -2.38. The molecule has 0 spiro atoms. The summed E-state index contributed by atoms with van der Waals surface area (Å²) in [6, 6.07) is 18.9. The minimum atomic E-state index is -0.849. The minimum absolute atomic E-state index is 0.000157. The van der Waals surface area contributed by atoms with E-state index in [2.05, 4.69) is 4.90 Å². The summed E-state index contributed by atoms with van der Waals surface area (Å²) in [5, 5.41) is 21.8. The zero-order valence-corrected chi connectivity index (χ0v) is 23.9. The number of aromatic hydroxyl groups is 1. The summed E-state index contributed by atoms with van der Waals surface area (Å²) < 4.78 is 16.7. The van der Waals surface area contributed by atoms with Crippen LogP contribution in [0.4, 0.5) is 0 Å². The van der Waals surface area contributed by atoms with Gasteiger partial charge in [-0.05, 0) is 60.4 Å². The Bertz CT molecular complexity index is 1460. The molecule has 1 atom stereocenters. The molecule has 2 N–H and O–H groups in total. The van der Waals surface area contributed by atoms with Crippen molar-refractivity contribution < 1.29 is 34.0 Å². The molecule has 5 rings (SSSR count). The van der Waals surface area contributed by atoms with Gasteiger partial charge in [-0.1, -0.05) is 36.4 Å². The van der Waals surface area contributed by atoms with Crippen LogP contribution in [0.25, 0.3) is 5.76 Å². The molecule has 9 heteroatoms. The van der Waals surface area contributed by atoms with Gasteiger partial charge in [0, 0.05) is 31.7 Å². The van der Waals surface area contributed by atoms with Gasteiger partial charge in [-0.3, -0.25) is 14.5 Å². The van der Waals surface area contributed by atoms with Gasteiger partial charge >= 0.3 is 0 Å². The van der Waals surface area contributed by atoms with E-state index < -0.39 is 17.7 Å². The maximum atomic E-state index is 13.5. The van der Waals surface area contributed by atoms with Gasteiger partial charge in [0.15, 0.2) is 11.5 Å². The molecule has 0 aromatic heterocycles. The number of nitrogens with zero attached hydrogens (tertiary/aromatic N) is 2. The second kappa shape index (κ2) is 13.1. The van der Waals surface area contributed by atoms with Crippen LogP contribution in [0, 0.1) is 6.92 Å². The number of aryl methyl sites for hydroxylation is 1. The molecule has 9 nitrogen and oxygen atoms in total. The number of phenols is 1. The third-order valence-corrected chi connectivity index (χ3v) is 7.74. The number of carbonyl (C=O) groups is 2. The van der Waals surface area contributed by atoms with Crippen LogP contribution in [-0.2, 0) is 20.9 Å². The first-order chi connectivity index (χ1) is 20.4. The average molecular weight is 573 g/mol. The van der Waals surface area contributed by atoms with Crippen molar-refractivity contribution in [3.05, 3.63) is 94.6 Å². The molecule has 2 heterocycles. The van der Waals surface area contributed by atoms with Crippen molar-refractivity contribution >= 4 is 17.4 Å². The Morgan fingerprint density at radius 3 is 2.48 bits per heavy atom. The summed E-state index contributed by atoms with van der Waals surface area (Å²) in [4.78, 5) is 30.7. The molecule has 2 aliphatic heterocycles. The lowest BCUT2D eigenvalue weighted by atomic mass is 9.93. The Hall–Kier alpha value is -4.34. The van der Waals surface area contributed by atoms with Crippen molar-refractivity contribution in [2.45, 2.75) is 26.0 Å². The molecule has 2 aliphatic rings. The van der Waals surface area contributed by atoms with Crippen LogP contribution in [0.1, 0.15) is 34.7 Å². The van der Waals surface area contributed by atoms with E-state index in [4.69, 9.17) is 14.2 Å². The monoisotopic (exact) mass is 572 g/mol. The zero-order chi connectivity index (χ0) is 29.6. The number of carbonyl (C=O) groups excluding carboxylic acids is 2. The molecule has 3 aromatic rings. The fraction of sp³-hybridized carbons (Fsp3) is 0.333. The number of phenolic OH excluding ortho intramolecular Hbond substituents is 1. The highest BCUT2D eigenvalue weighted by Crippen LogP contribution is 2.42. The van der Waals surface area contributed by atoms with Crippen molar-refractivity contribution in [3.8, 4) is 17.2 Å². The number of ether oxygens (including phenoxy) is 3. The number of morpholine rings is 1. The van der Waals surface area contributed by atoms with Crippen molar-refractivity contribution in [3.63, 3.8) is 0 Å². The Kier molecular flexibility index (Phi) is 9.09. The van der Waals surface area contributed by atoms with Crippen LogP contribution in [0.3, 0.4) is 0 Å². The lowest BCUT2D eigenvalue weighted by Gasteiger charge is -2.29. The van der Waals surface area contributed by atoms with Gasteiger partial charge in [0.05, 0.1) is 31.9 Å². The zero-order valence-electron chi connectivity index (χ0n) is 23.9. The van der Waals surface area contributed by atoms with Crippen molar-refractivity contribution in [2.24, 2.45) is 0 Å². The van der Waals surface area contributed by atoms with Gasteiger partial charge in [0.2, 0.25) is 0 Å². The highest BCUT2D eigenvalue weighted by molar-refractivity contribution is 6.46. The highest BCUT2D eigenvalue weighted by Gasteiger charge is 2.46. The van der Waals surface area contributed by atoms with E-state index in [9.17, 15) is 19.8 Å². The van der Waals surface area contributed by atoms with Crippen molar-refractivity contribution in [1.29, 1.82) is 0 Å². The maximum Gasteiger partial charge on any atom is 0.295 e. The maximum absolute atomic E-state index is 13.5. The number of methoxy groups -OCH3 is 1. The summed E-state index contributed by atoms with van der Waals surface area (Å²) in [6.07, 6.45) is 0.644. The van der Waals surface area contributed by atoms with Gasteiger partial charge in [-0.15, -0.1) is 0 Å². The van der Waals surface area contributed by atoms with Gasteiger partial charge in [0.25, 0.3) is 11.7 Å². The van der Waals surface area contributed by atoms with E-state index in [-0.39, 0.29) is 22.8 Å². The van der Waals surface area contributed by atoms with E-state index in [0.29, 0.717) is 55.2 Å². The van der Waals surface area contributed by atoms with Crippen LogP contribution in [0.5, 0.6) is 17.2 Å². The summed E-state index contributed by atoms with van der Waals surface area (Å²) in [6.45, 7) is 6.27. The van der Waals surface area contributed by atoms with Crippen LogP contribution < -0.4 is 9.47 Å². The van der Waals surface area contributed by atoms with E-state index in [1.165, 1.54) is 18.1 Å². The first-order valence-electron chi connectivity index (χ1n) is 14.1. The lowest BCUT2D eigenvalue weighted by molar-refractivity contribution is -0.140. The SMILES string of the molecule is COc1cc([C@H]2/C(=C(\O)c3ccc(OCc4ccccc4)cc3C)C(=O)C(=O)N2CCCN2CCOCC2)ccc1O. The number of hydrogen-bond acceptors (Lipinski definition) is 8. The normalized spacial score (nSPS) is 18.8. The standard InChI is InChI=1S/C33H36N2O7/c1-22-19-25(42-21-23-7-4-3-5-8-23)10-11-26(22)31(37)29-30(24-9-12-27(36)28(20-24)40-2)35(33(39)32(29)38)14-6-13-34-15-17-41-18-16-34/h3-5,7-12,19-20,30,36-37H,6,13-18,21H2,1-2H3/b31-29+/t30-/m0/s1.